The van der Waals surface area contributed by atoms with E-state index in [0.29, 0.717) is 18.5 Å². The van der Waals surface area contributed by atoms with Gasteiger partial charge in [0.1, 0.15) is 11.0 Å². The van der Waals surface area contributed by atoms with E-state index >= 15 is 0 Å². The lowest BCUT2D eigenvalue weighted by molar-refractivity contribution is -0.142. The largest absolute Gasteiger partial charge is 0.480 e. The lowest BCUT2D eigenvalue weighted by atomic mass is 9.85. The monoisotopic (exact) mass is 343 g/mol. The van der Waals surface area contributed by atoms with Crippen molar-refractivity contribution < 1.29 is 9.90 Å². The molecule has 0 amide bonds. The number of likely N-dealkylation sites (tertiary alicyclic amines) is 1. The zero-order valence-electron chi connectivity index (χ0n) is 13.5. The van der Waals surface area contributed by atoms with Crippen molar-refractivity contribution in [2.45, 2.75) is 50.7 Å². The van der Waals surface area contributed by atoms with Crippen LogP contribution >= 0.6 is 11.3 Å². The van der Waals surface area contributed by atoms with Crippen molar-refractivity contribution in [2.75, 3.05) is 0 Å². The van der Waals surface area contributed by atoms with Gasteiger partial charge in [0.05, 0.1) is 11.4 Å². The molecule has 126 valence electrons. The van der Waals surface area contributed by atoms with E-state index in [-0.39, 0.29) is 6.04 Å². The summed E-state index contributed by atoms with van der Waals surface area (Å²) in [5.74, 6) is -0.154. The Morgan fingerprint density at radius 2 is 2.21 bits per heavy atom. The first-order valence-corrected chi connectivity index (χ1v) is 9.44. The Hall–Kier alpha value is -1.79. The highest BCUT2D eigenvalue weighted by Crippen LogP contribution is 2.40. The normalized spacial score (nSPS) is 27.1. The molecule has 1 N–H and O–H groups in total. The highest BCUT2D eigenvalue weighted by Gasteiger charge is 2.45. The van der Waals surface area contributed by atoms with Gasteiger partial charge < -0.3 is 5.11 Å². The van der Waals surface area contributed by atoms with Crippen LogP contribution in [0.3, 0.4) is 0 Å². The van der Waals surface area contributed by atoms with Gasteiger partial charge in [-0.05, 0) is 37.3 Å². The average Bonchev–Trinajstić information content (AvgIpc) is 3.21. The Labute approximate surface area is 145 Å². The van der Waals surface area contributed by atoms with Gasteiger partial charge in [-0.25, -0.2) is 4.98 Å². The van der Waals surface area contributed by atoms with Gasteiger partial charge in [0.25, 0.3) is 0 Å². The maximum Gasteiger partial charge on any atom is 0.320 e. The van der Waals surface area contributed by atoms with Gasteiger partial charge in [-0.2, -0.15) is 0 Å². The van der Waals surface area contributed by atoms with Crippen molar-refractivity contribution in [3.8, 4) is 10.7 Å². The van der Waals surface area contributed by atoms with E-state index in [4.69, 9.17) is 4.98 Å². The molecule has 1 saturated carbocycles. The number of rotatable bonds is 4. The zero-order valence-corrected chi connectivity index (χ0v) is 14.3. The lowest BCUT2D eigenvalue weighted by Crippen LogP contribution is -2.41. The minimum Gasteiger partial charge on any atom is -0.480 e. The molecule has 0 radical (unpaired) electrons. The summed E-state index contributed by atoms with van der Waals surface area (Å²) in [6.45, 7) is 0.626. The molecule has 3 unspecified atom stereocenters. The maximum atomic E-state index is 11.7. The fourth-order valence-corrected chi connectivity index (χ4v) is 4.98. The fourth-order valence-electron chi connectivity index (χ4n) is 4.20. The summed E-state index contributed by atoms with van der Waals surface area (Å²) in [6, 6.07) is 5.84. The van der Waals surface area contributed by atoms with Crippen LogP contribution in [0.15, 0.2) is 29.8 Å². The standard InChI is InChI=1S/C18H21N3O2S/c22-18(23)16-9-12-5-1-2-7-15(12)21(16)10-13-11-24-17(20-13)14-6-3-4-8-19-14/h3-4,6,8,11-12,15-16H,1-2,5,7,9-10H2,(H,22,23). The van der Waals surface area contributed by atoms with Gasteiger partial charge in [-0.3, -0.25) is 14.7 Å². The smallest absolute Gasteiger partial charge is 0.320 e. The Bertz CT molecular complexity index is 718. The zero-order chi connectivity index (χ0) is 16.5. The minimum absolute atomic E-state index is 0.363. The van der Waals surface area contributed by atoms with Crippen molar-refractivity contribution in [3.05, 3.63) is 35.5 Å². The molecule has 2 aromatic heterocycles. The molecule has 0 aromatic carbocycles. The van der Waals surface area contributed by atoms with Crippen LogP contribution in [0, 0.1) is 5.92 Å². The molecule has 1 aliphatic heterocycles. The molecule has 6 heteroatoms. The maximum absolute atomic E-state index is 11.7. The van der Waals surface area contributed by atoms with Crippen LogP contribution in [0.25, 0.3) is 10.7 Å². The first-order valence-electron chi connectivity index (χ1n) is 8.57. The second-order valence-electron chi connectivity index (χ2n) is 6.73. The average molecular weight is 343 g/mol. The number of aromatic nitrogens is 2. The first kappa shape index (κ1) is 15.7. The van der Waals surface area contributed by atoms with Crippen LogP contribution in [0.4, 0.5) is 0 Å². The first-order chi connectivity index (χ1) is 11.7. The second-order valence-corrected chi connectivity index (χ2v) is 7.59. The number of hydrogen-bond acceptors (Lipinski definition) is 5. The quantitative estimate of drug-likeness (QED) is 0.921. The van der Waals surface area contributed by atoms with E-state index in [9.17, 15) is 9.90 Å². The summed E-state index contributed by atoms with van der Waals surface area (Å²) >= 11 is 1.58. The van der Waals surface area contributed by atoms with E-state index in [1.165, 1.54) is 19.3 Å². The fraction of sp³-hybridized carbons (Fsp3) is 0.500. The van der Waals surface area contributed by atoms with E-state index in [2.05, 4.69) is 9.88 Å². The molecule has 4 rings (SSSR count). The topological polar surface area (TPSA) is 66.3 Å². The molecule has 3 atom stereocenters. The number of nitrogens with zero attached hydrogens (tertiary/aromatic N) is 3. The number of carboxylic acid groups (broad SMARTS) is 1. The van der Waals surface area contributed by atoms with Crippen LogP contribution in [0.1, 0.15) is 37.8 Å². The van der Waals surface area contributed by atoms with Gasteiger partial charge in [0.15, 0.2) is 0 Å². The van der Waals surface area contributed by atoms with Crippen molar-refractivity contribution in [3.63, 3.8) is 0 Å². The molecule has 2 aliphatic rings. The molecule has 1 aliphatic carbocycles. The van der Waals surface area contributed by atoms with E-state index in [1.807, 2.05) is 23.6 Å². The third-order valence-corrected chi connectivity index (χ3v) is 6.20. The Morgan fingerprint density at radius 3 is 3.00 bits per heavy atom. The number of carboxylic acids is 1. The second kappa shape index (κ2) is 6.61. The summed E-state index contributed by atoms with van der Waals surface area (Å²) in [5.41, 5.74) is 1.83. The third kappa shape index (κ3) is 2.96. The van der Waals surface area contributed by atoms with E-state index in [0.717, 1.165) is 29.2 Å². The summed E-state index contributed by atoms with van der Waals surface area (Å²) in [6.07, 6.45) is 7.29. The number of pyridine rings is 1. The number of fused-ring (bicyclic) bond motifs is 1. The molecular weight excluding hydrogens is 322 g/mol. The minimum atomic E-state index is -0.690. The SMILES string of the molecule is O=C(O)C1CC2CCCCC2N1Cc1csc(-c2ccccn2)n1. The predicted octanol–water partition coefficient (Wildman–Crippen LogP) is 3.42. The molecule has 0 spiro atoms. The van der Waals surface area contributed by atoms with Gasteiger partial charge in [-0.15, -0.1) is 11.3 Å². The summed E-state index contributed by atoms with van der Waals surface area (Å²) < 4.78 is 0. The number of carbonyl (C=O) groups is 1. The van der Waals surface area contributed by atoms with Gasteiger partial charge in [-0.1, -0.05) is 18.9 Å². The molecule has 2 aromatic rings. The molecular formula is C18H21N3O2S. The highest BCUT2D eigenvalue weighted by molar-refractivity contribution is 7.13. The molecule has 1 saturated heterocycles. The van der Waals surface area contributed by atoms with Crippen LogP contribution in [0.2, 0.25) is 0 Å². The summed E-state index contributed by atoms with van der Waals surface area (Å²) in [7, 11) is 0. The Morgan fingerprint density at radius 1 is 1.33 bits per heavy atom. The van der Waals surface area contributed by atoms with Crippen LogP contribution in [-0.2, 0) is 11.3 Å². The molecule has 3 heterocycles. The highest BCUT2D eigenvalue weighted by atomic mass is 32.1. The summed E-state index contributed by atoms with van der Waals surface area (Å²) in [4.78, 5) is 22.9. The third-order valence-electron chi connectivity index (χ3n) is 5.29. The van der Waals surface area contributed by atoms with E-state index in [1.54, 1.807) is 17.5 Å². The van der Waals surface area contributed by atoms with Crippen molar-refractivity contribution >= 4 is 17.3 Å². The van der Waals surface area contributed by atoms with Crippen LogP contribution in [-0.4, -0.2) is 38.0 Å². The summed E-state index contributed by atoms with van der Waals surface area (Å²) in [5, 5.41) is 12.6. The molecule has 24 heavy (non-hydrogen) atoms. The van der Waals surface area contributed by atoms with Gasteiger partial charge in [0.2, 0.25) is 0 Å². The lowest BCUT2D eigenvalue weighted by Gasteiger charge is -2.32. The number of hydrogen-bond donors (Lipinski definition) is 1. The number of aliphatic carboxylic acids is 1. The Balaban J connectivity index is 1.55. The van der Waals surface area contributed by atoms with Crippen molar-refractivity contribution in [2.24, 2.45) is 5.92 Å². The van der Waals surface area contributed by atoms with Crippen molar-refractivity contribution in [1.29, 1.82) is 0 Å². The molecule has 5 nitrogen and oxygen atoms in total. The van der Waals surface area contributed by atoms with Crippen molar-refractivity contribution in [1.82, 2.24) is 14.9 Å². The van der Waals surface area contributed by atoms with E-state index < -0.39 is 5.97 Å². The van der Waals surface area contributed by atoms with Crippen LogP contribution in [0.5, 0.6) is 0 Å². The van der Waals surface area contributed by atoms with Gasteiger partial charge >= 0.3 is 5.97 Å². The predicted molar refractivity (Wildman–Crippen MR) is 92.7 cm³/mol. The molecule has 2 fully saturated rings. The van der Waals surface area contributed by atoms with Crippen LogP contribution < -0.4 is 0 Å². The number of thiazole rings is 1. The van der Waals surface area contributed by atoms with Gasteiger partial charge in [0, 0.05) is 24.2 Å². The Kier molecular flexibility index (Phi) is 4.33. The molecule has 0 bridgehead atoms.